The van der Waals surface area contributed by atoms with Gasteiger partial charge in [-0.3, -0.25) is 4.79 Å². The van der Waals surface area contributed by atoms with E-state index in [0.717, 1.165) is 44.1 Å². The van der Waals surface area contributed by atoms with E-state index in [1.165, 1.54) is 6.20 Å². The number of hydrogen-bond acceptors (Lipinski definition) is 5. The van der Waals surface area contributed by atoms with E-state index in [9.17, 15) is 19.8 Å². The number of rotatable bonds is 6. The molecule has 1 atom stereocenters. The van der Waals surface area contributed by atoms with Crippen molar-refractivity contribution in [3.05, 3.63) is 124 Å². The van der Waals surface area contributed by atoms with Crippen molar-refractivity contribution in [1.82, 2.24) is 5.32 Å². The fourth-order valence-electron chi connectivity index (χ4n) is 4.49. The number of carbonyl (C=O) groups excluding carboxylic acids is 1. The number of aromatic hydroxyl groups is 1. The standard InChI is InChI=1S/C30H23NO4.O.V/c32-26-15-14-20-10-4-6-12-23(20)27(26)28-24-13-7-5-11-21(24)17-22(29(28)33)18-31-25(30(34)35)16-19-8-2-1-3-9-19;;/h1-15,17-18,25,31-32H,16H2,(H,34,35);;/b22-18-;;/t25-;;/m1../s1. The van der Waals surface area contributed by atoms with Crippen molar-refractivity contribution in [2.45, 2.75) is 12.5 Å². The number of carboxylic acids is 1. The van der Waals surface area contributed by atoms with Gasteiger partial charge in [0.2, 0.25) is 0 Å². The molecule has 4 aromatic rings. The number of Topliss-reactive ketones (excluding diaryl/α,β-unsaturated/α-hetero) is 1. The monoisotopic (exact) mass is 528 g/mol. The summed E-state index contributed by atoms with van der Waals surface area (Å²) in [7, 11) is 0. The van der Waals surface area contributed by atoms with Crippen molar-refractivity contribution >= 4 is 34.2 Å². The summed E-state index contributed by atoms with van der Waals surface area (Å²) in [5.74, 6) is -1.28. The summed E-state index contributed by atoms with van der Waals surface area (Å²) in [6.45, 7) is 0. The second kappa shape index (κ2) is 11.7. The number of carbonyl (C=O) groups is 2. The zero-order chi connectivity index (χ0) is 26.4. The predicted octanol–water partition coefficient (Wildman–Crippen LogP) is 3.16. The molecule has 0 spiro atoms. The van der Waals surface area contributed by atoms with Gasteiger partial charge in [0, 0.05) is 29.3 Å². The Labute approximate surface area is 222 Å². The van der Waals surface area contributed by atoms with Crippen molar-refractivity contribution in [2.24, 2.45) is 0 Å². The fraction of sp³-hybridized carbons (Fsp3) is 0.0667. The minimum atomic E-state index is -1.01. The second-order valence-corrected chi connectivity index (χ2v) is 8.46. The number of nitrogens with one attached hydrogen (secondary N) is 1. The maximum absolute atomic E-state index is 13.8. The number of phenolic OH excluding ortho intramolecular Hbond substituents is 1. The van der Waals surface area contributed by atoms with E-state index in [-0.39, 0.29) is 18.0 Å². The summed E-state index contributed by atoms with van der Waals surface area (Å²) in [5.41, 5.74) is 2.06. The molecule has 0 unspecified atom stereocenters. The SMILES string of the molecule is O=C1C(c2c(O)ccc3ccccc23)=c2ccccc2=C/C1=C/N[C@H](Cc1ccccc1)C(=O)O.[O]=[V]. The van der Waals surface area contributed by atoms with Crippen LogP contribution in [0.4, 0.5) is 0 Å². The zero-order valence-electron chi connectivity index (χ0n) is 19.7. The molecular formula is C30H23NO5V. The Balaban J connectivity index is 0.00000156. The van der Waals surface area contributed by atoms with Crippen molar-refractivity contribution in [1.29, 1.82) is 0 Å². The molecule has 0 saturated heterocycles. The van der Waals surface area contributed by atoms with E-state index >= 15 is 0 Å². The number of fused-ring (bicyclic) bond motifs is 2. The van der Waals surface area contributed by atoms with Gasteiger partial charge in [0.05, 0.1) is 0 Å². The third-order valence-electron chi connectivity index (χ3n) is 6.21. The van der Waals surface area contributed by atoms with Gasteiger partial charge in [-0.25, -0.2) is 4.79 Å². The first-order valence-electron chi connectivity index (χ1n) is 11.5. The molecule has 0 radical (unpaired) electrons. The van der Waals surface area contributed by atoms with Crippen LogP contribution in [0, 0.1) is 0 Å². The van der Waals surface area contributed by atoms with Crippen LogP contribution in [0.3, 0.4) is 0 Å². The summed E-state index contributed by atoms with van der Waals surface area (Å²) in [6.07, 6.45) is 3.49. The molecule has 0 aromatic heterocycles. The van der Waals surface area contributed by atoms with Gasteiger partial charge in [-0.05, 0) is 38.9 Å². The number of hydrogen-bond donors (Lipinski definition) is 3. The summed E-state index contributed by atoms with van der Waals surface area (Å²) in [4.78, 5) is 25.7. The van der Waals surface area contributed by atoms with E-state index in [4.69, 9.17) is 3.67 Å². The Kier molecular flexibility index (Phi) is 8.13. The Hall–Kier alpha value is -4.26. The number of aliphatic carboxylic acids is 1. The minimum absolute atomic E-state index is 0.0172. The number of carboxylic acid groups (broad SMARTS) is 1. The third-order valence-corrected chi connectivity index (χ3v) is 6.21. The fourth-order valence-corrected chi connectivity index (χ4v) is 4.49. The molecule has 0 heterocycles. The van der Waals surface area contributed by atoms with E-state index in [1.54, 1.807) is 12.1 Å². The maximum atomic E-state index is 13.8. The number of allylic oxidation sites excluding steroid dienone is 1. The van der Waals surface area contributed by atoms with Gasteiger partial charge in [0.15, 0.2) is 5.78 Å². The van der Waals surface area contributed by atoms with Crippen molar-refractivity contribution < 1.29 is 40.8 Å². The third kappa shape index (κ3) is 5.46. The molecule has 183 valence electrons. The molecule has 0 saturated carbocycles. The molecule has 0 fully saturated rings. The van der Waals surface area contributed by atoms with Crippen LogP contribution in [-0.2, 0) is 37.1 Å². The number of phenols is 1. The first-order chi connectivity index (χ1) is 18.0. The van der Waals surface area contributed by atoms with Crippen LogP contribution in [-0.4, -0.2) is 28.0 Å². The molecule has 5 rings (SSSR count). The van der Waals surface area contributed by atoms with Crippen LogP contribution in [0.15, 0.2) is 103 Å². The molecule has 0 aliphatic heterocycles. The molecule has 1 aliphatic rings. The molecule has 7 heteroatoms. The molecular weight excluding hydrogens is 505 g/mol. The quantitative estimate of drug-likeness (QED) is 0.333. The molecule has 3 N–H and O–H groups in total. The molecule has 0 bridgehead atoms. The van der Waals surface area contributed by atoms with Crippen molar-refractivity contribution in [3.8, 4) is 5.75 Å². The average Bonchev–Trinajstić information content (AvgIpc) is 2.93. The molecule has 6 nitrogen and oxygen atoms in total. The van der Waals surface area contributed by atoms with Crippen LogP contribution in [0.5, 0.6) is 5.75 Å². The summed E-state index contributed by atoms with van der Waals surface area (Å²) in [6, 6.07) is 26.9. The van der Waals surface area contributed by atoms with Crippen molar-refractivity contribution in [2.75, 3.05) is 0 Å². The van der Waals surface area contributed by atoms with Crippen LogP contribution in [0.1, 0.15) is 11.1 Å². The van der Waals surface area contributed by atoms with Gasteiger partial charge in [0.25, 0.3) is 0 Å². The molecule has 0 amide bonds. The molecule has 37 heavy (non-hydrogen) atoms. The Morgan fingerprint density at radius 1 is 0.892 bits per heavy atom. The van der Waals surface area contributed by atoms with Crippen LogP contribution in [0.2, 0.25) is 0 Å². The topological polar surface area (TPSA) is 104 Å². The van der Waals surface area contributed by atoms with Gasteiger partial charge in [0.1, 0.15) is 11.8 Å². The van der Waals surface area contributed by atoms with Gasteiger partial charge in [-0.1, -0.05) is 84.9 Å². The van der Waals surface area contributed by atoms with Gasteiger partial charge in [-0.2, -0.15) is 0 Å². The Morgan fingerprint density at radius 3 is 2.32 bits per heavy atom. The first kappa shape index (κ1) is 25.8. The van der Waals surface area contributed by atoms with Crippen molar-refractivity contribution in [3.63, 3.8) is 0 Å². The van der Waals surface area contributed by atoms with Gasteiger partial charge >= 0.3 is 27.0 Å². The first-order valence-corrected chi connectivity index (χ1v) is 12.1. The Bertz CT molecular complexity index is 1630. The van der Waals surface area contributed by atoms with E-state index in [0.29, 0.717) is 16.7 Å². The van der Waals surface area contributed by atoms with Gasteiger partial charge < -0.3 is 15.5 Å². The summed E-state index contributed by atoms with van der Waals surface area (Å²) in [5, 5.41) is 26.7. The number of benzene rings is 4. The van der Waals surface area contributed by atoms with E-state index < -0.39 is 12.0 Å². The molecule has 1 aliphatic carbocycles. The predicted molar refractivity (Wildman–Crippen MR) is 137 cm³/mol. The average molecular weight is 528 g/mol. The van der Waals surface area contributed by atoms with Crippen LogP contribution in [0.25, 0.3) is 22.4 Å². The van der Waals surface area contributed by atoms with E-state index in [1.807, 2.05) is 84.9 Å². The normalized spacial score (nSPS) is 14.2. The van der Waals surface area contributed by atoms with Gasteiger partial charge in [-0.15, -0.1) is 0 Å². The summed E-state index contributed by atoms with van der Waals surface area (Å²) >= 11 is 1.06. The molecule has 4 aromatic carbocycles. The van der Waals surface area contributed by atoms with Crippen LogP contribution < -0.4 is 15.8 Å². The van der Waals surface area contributed by atoms with Crippen LogP contribution >= 0.6 is 0 Å². The second-order valence-electron chi connectivity index (χ2n) is 8.46. The summed E-state index contributed by atoms with van der Waals surface area (Å²) < 4.78 is 8.19. The number of ketones is 1. The van der Waals surface area contributed by atoms with E-state index in [2.05, 4.69) is 5.32 Å². The zero-order valence-corrected chi connectivity index (χ0v) is 21.1. The Morgan fingerprint density at radius 2 is 1.57 bits per heavy atom.